The summed E-state index contributed by atoms with van der Waals surface area (Å²) in [5.41, 5.74) is 1.06. The van der Waals surface area contributed by atoms with E-state index in [0.29, 0.717) is 6.42 Å². The Kier molecular flexibility index (Phi) is 6.19. The van der Waals surface area contributed by atoms with Gasteiger partial charge >= 0.3 is 5.97 Å². The average Bonchev–Trinajstić information content (AvgIpc) is 2.60. The maximum atomic E-state index is 11.9. The van der Waals surface area contributed by atoms with Crippen LogP contribution in [-0.4, -0.2) is 35.3 Å². The van der Waals surface area contributed by atoms with Crippen LogP contribution in [0.5, 0.6) is 0 Å². The number of esters is 1. The molecule has 0 fully saturated rings. The zero-order valence-electron chi connectivity index (χ0n) is 13.3. The maximum Gasteiger partial charge on any atom is 0.357 e. The SMILES string of the molecule is CC(=O)[C@H](Cc1ccccc1)NC(=O)COC(=O)c1ccccn1. The van der Waals surface area contributed by atoms with Crippen molar-refractivity contribution in [3.05, 3.63) is 66.0 Å². The summed E-state index contributed by atoms with van der Waals surface area (Å²) < 4.78 is 4.90. The van der Waals surface area contributed by atoms with Crippen LogP contribution in [-0.2, 0) is 20.7 Å². The summed E-state index contributed by atoms with van der Waals surface area (Å²) in [5, 5.41) is 2.59. The Morgan fingerprint density at radius 3 is 2.42 bits per heavy atom. The lowest BCUT2D eigenvalue weighted by molar-refractivity contribution is -0.128. The highest BCUT2D eigenvalue weighted by Gasteiger charge is 2.19. The molecule has 0 saturated carbocycles. The van der Waals surface area contributed by atoms with Crippen molar-refractivity contribution in [2.75, 3.05) is 6.61 Å². The van der Waals surface area contributed by atoms with Crippen LogP contribution in [0.15, 0.2) is 54.7 Å². The van der Waals surface area contributed by atoms with Gasteiger partial charge in [-0.3, -0.25) is 9.59 Å². The van der Waals surface area contributed by atoms with E-state index in [4.69, 9.17) is 4.74 Å². The molecule has 1 heterocycles. The van der Waals surface area contributed by atoms with E-state index in [0.717, 1.165) is 5.56 Å². The molecule has 1 amide bonds. The molecule has 2 aromatic rings. The van der Waals surface area contributed by atoms with E-state index in [1.807, 2.05) is 30.3 Å². The molecule has 0 spiro atoms. The normalized spacial score (nSPS) is 11.4. The average molecular weight is 326 g/mol. The van der Waals surface area contributed by atoms with Gasteiger partial charge in [-0.2, -0.15) is 0 Å². The number of benzene rings is 1. The van der Waals surface area contributed by atoms with E-state index in [-0.39, 0.29) is 11.5 Å². The number of ketones is 1. The largest absolute Gasteiger partial charge is 0.451 e. The molecule has 1 atom stereocenters. The van der Waals surface area contributed by atoms with Crippen molar-refractivity contribution in [3.63, 3.8) is 0 Å². The van der Waals surface area contributed by atoms with Crippen LogP contribution < -0.4 is 5.32 Å². The number of Topliss-reactive ketones (excluding diaryl/α,β-unsaturated/α-hetero) is 1. The fourth-order valence-electron chi connectivity index (χ4n) is 2.07. The Morgan fingerprint density at radius 1 is 1.08 bits per heavy atom. The van der Waals surface area contributed by atoms with E-state index in [1.165, 1.54) is 19.2 Å². The molecular formula is C18H18N2O4. The van der Waals surface area contributed by atoms with Gasteiger partial charge in [-0.1, -0.05) is 36.4 Å². The van der Waals surface area contributed by atoms with Gasteiger partial charge in [-0.15, -0.1) is 0 Å². The molecule has 1 aromatic carbocycles. The van der Waals surface area contributed by atoms with Crippen molar-refractivity contribution in [2.45, 2.75) is 19.4 Å². The molecule has 24 heavy (non-hydrogen) atoms. The Bertz CT molecular complexity index is 701. The minimum absolute atomic E-state index is 0.123. The van der Waals surface area contributed by atoms with Crippen LogP contribution in [0.3, 0.4) is 0 Å². The van der Waals surface area contributed by atoms with Crippen molar-refractivity contribution in [1.29, 1.82) is 0 Å². The molecule has 2 rings (SSSR count). The summed E-state index contributed by atoms with van der Waals surface area (Å²) >= 11 is 0. The van der Waals surface area contributed by atoms with Crippen LogP contribution in [0.25, 0.3) is 0 Å². The number of rotatable bonds is 7. The minimum atomic E-state index is -0.687. The molecule has 0 aliphatic heterocycles. The number of ether oxygens (including phenoxy) is 1. The quantitative estimate of drug-likeness (QED) is 0.780. The lowest BCUT2D eigenvalue weighted by Gasteiger charge is -2.16. The first-order valence-corrected chi connectivity index (χ1v) is 7.48. The molecule has 0 unspecified atom stereocenters. The number of hydrogen-bond acceptors (Lipinski definition) is 5. The molecule has 6 heteroatoms. The predicted octanol–water partition coefficient (Wildman–Crippen LogP) is 1.55. The number of pyridine rings is 1. The Balaban J connectivity index is 1.87. The van der Waals surface area contributed by atoms with Gasteiger partial charge in [0.2, 0.25) is 0 Å². The lowest BCUT2D eigenvalue weighted by atomic mass is 10.0. The number of amides is 1. The number of hydrogen-bond donors (Lipinski definition) is 1. The van der Waals surface area contributed by atoms with Crippen LogP contribution >= 0.6 is 0 Å². The number of carbonyl (C=O) groups excluding carboxylic acids is 3. The number of aromatic nitrogens is 1. The molecule has 6 nitrogen and oxygen atoms in total. The van der Waals surface area contributed by atoms with E-state index in [1.54, 1.807) is 12.1 Å². The topological polar surface area (TPSA) is 85.4 Å². The Morgan fingerprint density at radius 2 is 1.79 bits per heavy atom. The second-order valence-electron chi connectivity index (χ2n) is 5.21. The molecule has 0 aliphatic rings. The second-order valence-corrected chi connectivity index (χ2v) is 5.21. The van der Waals surface area contributed by atoms with Gasteiger partial charge in [0.1, 0.15) is 5.69 Å². The van der Waals surface area contributed by atoms with Crippen molar-refractivity contribution >= 4 is 17.7 Å². The van der Waals surface area contributed by atoms with Gasteiger partial charge < -0.3 is 10.1 Å². The van der Waals surface area contributed by atoms with Crippen molar-refractivity contribution in [1.82, 2.24) is 10.3 Å². The third kappa shape index (κ3) is 5.31. The highest BCUT2D eigenvalue weighted by molar-refractivity contribution is 5.91. The summed E-state index contributed by atoms with van der Waals surface area (Å²) in [6, 6.07) is 13.5. The molecule has 0 aliphatic carbocycles. The van der Waals surface area contributed by atoms with Crippen LogP contribution in [0.1, 0.15) is 23.0 Å². The molecular weight excluding hydrogens is 308 g/mol. The number of carbonyl (C=O) groups is 3. The van der Waals surface area contributed by atoms with Gasteiger partial charge in [-0.25, -0.2) is 9.78 Å². The lowest BCUT2D eigenvalue weighted by Crippen LogP contribution is -2.43. The first-order chi connectivity index (χ1) is 11.6. The van der Waals surface area contributed by atoms with Crippen LogP contribution in [0.4, 0.5) is 0 Å². The van der Waals surface area contributed by atoms with Gasteiger partial charge in [0, 0.05) is 6.20 Å². The first-order valence-electron chi connectivity index (χ1n) is 7.48. The zero-order chi connectivity index (χ0) is 17.4. The van der Waals surface area contributed by atoms with Gasteiger partial charge in [0.25, 0.3) is 5.91 Å². The summed E-state index contributed by atoms with van der Waals surface area (Å²) in [6.45, 7) is 0.946. The molecule has 0 radical (unpaired) electrons. The molecule has 1 N–H and O–H groups in total. The highest BCUT2D eigenvalue weighted by atomic mass is 16.5. The van der Waals surface area contributed by atoms with Crippen molar-refractivity contribution < 1.29 is 19.1 Å². The summed E-state index contributed by atoms with van der Waals surface area (Å²) in [6.07, 6.45) is 1.85. The van der Waals surface area contributed by atoms with E-state index < -0.39 is 24.5 Å². The van der Waals surface area contributed by atoms with Gasteiger partial charge in [0.05, 0.1) is 6.04 Å². The molecule has 124 valence electrons. The van der Waals surface area contributed by atoms with E-state index in [2.05, 4.69) is 10.3 Å². The Labute approximate surface area is 139 Å². The fraction of sp³-hybridized carbons (Fsp3) is 0.222. The molecule has 1 aromatic heterocycles. The standard InChI is InChI=1S/C18H18N2O4/c1-13(21)16(11-14-7-3-2-4-8-14)20-17(22)12-24-18(23)15-9-5-6-10-19-15/h2-10,16H,11-12H2,1H3,(H,20,22)/t16-/m0/s1. The fourth-order valence-corrected chi connectivity index (χ4v) is 2.07. The van der Waals surface area contributed by atoms with Gasteiger partial charge in [0.15, 0.2) is 12.4 Å². The van der Waals surface area contributed by atoms with Gasteiger partial charge in [-0.05, 0) is 31.0 Å². The maximum absolute atomic E-state index is 11.9. The zero-order valence-corrected chi connectivity index (χ0v) is 13.3. The van der Waals surface area contributed by atoms with Crippen molar-refractivity contribution in [3.8, 4) is 0 Å². The van der Waals surface area contributed by atoms with Crippen LogP contribution in [0, 0.1) is 0 Å². The van der Waals surface area contributed by atoms with E-state index in [9.17, 15) is 14.4 Å². The summed E-state index contributed by atoms with van der Waals surface area (Å²) in [4.78, 5) is 39.2. The highest BCUT2D eigenvalue weighted by Crippen LogP contribution is 2.04. The number of nitrogens with one attached hydrogen (secondary N) is 1. The smallest absolute Gasteiger partial charge is 0.357 e. The molecule has 0 saturated heterocycles. The summed E-state index contributed by atoms with van der Waals surface area (Å²) in [7, 11) is 0. The molecule has 0 bridgehead atoms. The monoisotopic (exact) mass is 326 g/mol. The predicted molar refractivity (Wildman–Crippen MR) is 87.3 cm³/mol. The number of nitrogens with zero attached hydrogens (tertiary/aromatic N) is 1. The third-order valence-electron chi connectivity index (χ3n) is 3.32. The van der Waals surface area contributed by atoms with Crippen molar-refractivity contribution in [2.24, 2.45) is 0 Å². The summed E-state index contributed by atoms with van der Waals surface area (Å²) in [5.74, 6) is -1.38. The minimum Gasteiger partial charge on any atom is -0.451 e. The second kappa shape index (κ2) is 8.57. The third-order valence-corrected chi connectivity index (χ3v) is 3.32. The van der Waals surface area contributed by atoms with Crippen LogP contribution in [0.2, 0.25) is 0 Å². The first kappa shape index (κ1) is 17.3. The van der Waals surface area contributed by atoms with E-state index >= 15 is 0 Å². The Hall–Kier alpha value is -3.02.